The number of aromatic nitrogens is 4. The fourth-order valence-corrected chi connectivity index (χ4v) is 4.71. The van der Waals surface area contributed by atoms with E-state index in [0.29, 0.717) is 17.8 Å². The monoisotopic (exact) mass is 475 g/mol. The predicted octanol–water partition coefficient (Wildman–Crippen LogP) is 3.58. The van der Waals surface area contributed by atoms with Crippen LogP contribution in [0.3, 0.4) is 0 Å². The molecule has 8 nitrogen and oxygen atoms in total. The van der Waals surface area contributed by atoms with Crippen LogP contribution in [0.4, 0.5) is 5.69 Å². The van der Waals surface area contributed by atoms with E-state index in [1.54, 1.807) is 30.7 Å². The number of nitrogens with one attached hydrogen (secondary N) is 1. The van der Waals surface area contributed by atoms with Crippen molar-refractivity contribution < 1.29 is 13.5 Å². The molecule has 0 amide bonds. The molecule has 34 heavy (non-hydrogen) atoms. The van der Waals surface area contributed by atoms with E-state index in [0.717, 1.165) is 45.4 Å². The quantitative estimate of drug-likeness (QED) is 0.441. The molecule has 0 saturated heterocycles. The van der Waals surface area contributed by atoms with Gasteiger partial charge in [-0.2, -0.15) is 0 Å². The van der Waals surface area contributed by atoms with Crippen molar-refractivity contribution in [2.45, 2.75) is 25.8 Å². The van der Waals surface area contributed by atoms with Gasteiger partial charge in [-0.15, -0.1) is 0 Å². The molecular weight excluding hydrogens is 450 g/mol. The van der Waals surface area contributed by atoms with Crippen LogP contribution in [0.1, 0.15) is 30.8 Å². The zero-order chi connectivity index (χ0) is 24.1. The molecule has 0 bridgehead atoms. The van der Waals surface area contributed by atoms with Crippen molar-refractivity contribution in [3.63, 3.8) is 0 Å². The molecule has 5 rings (SSSR count). The van der Waals surface area contributed by atoms with Gasteiger partial charge < -0.3 is 9.67 Å². The minimum atomic E-state index is -3.38. The molecule has 2 aromatic heterocycles. The van der Waals surface area contributed by atoms with Gasteiger partial charge in [-0.25, -0.2) is 18.4 Å². The average molecular weight is 476 g/mol. The maximum Gasteiger partial charge on any atom is 0.229 e. The third-order valence-electron chi connectivity index (χ3n) is 5.96. The number of fused-ring (bicyclic) bond motifs is 2. The maximum absolute atomic E-state index is 11.6. The number of imidazole rings is 1. The van der Waals surface area contributed by atoms with Crippen molar-refractivity contribution in [3.8, 4) is 11.3 Å². The first-order chi connectivity index (χ1) is 16.1. The second kappa shape index (κ2) is 8.03. The third-order valence-corrected chi connectivity index (χ3v) is 6.57. The number of benzene rings is 2. The SMILES string of the molecule is CC(C)(CO)n1cnc2ccc(C3=CCc4ncc(-c5cccc(NS(C)(=O)=O)c5)nc43)cc21. The van der Waals surface area contributed by atoms with E-state index in [9.17, 15) is 13.5 Å². The maximum atomic E-state index is 11.6. The van der Waals surface area contributed by atoms with Gasteiger partial charge in [-0.3, -0.25) is 9.71 Å². The number of rotatable bonds is 6. The van der Waals surface area contributed by atoms with Crippen LogP contribution in [-0.4, -0.2) is 45.9 Å². The molecule has 2 heterocycles. The van der Waals surface area contributed by atoms with Crippen LogP contribution in [-0.2, 0) is 22.0 Å². The van der Waals surface area contributed by atoms with Gasteiger partial charge in [0.1, 0.15) is 0 Å². The summed E-state index contributed by atoms with van der Waals surface area (Å²) in [6.45, 7) is 3.93. The summed E-state index contributed by atoms with van der Waals surface area (Å²) in [5.41, 5.74) is 6.93. The van der Waals surface area contributed by atoms with Crippen LogP contribution in [0.25, 0.3) is 27.9 Å². The summed E-state index contributed by atoms with van der Waals surface area (Å²) in [7, 11) is -3.38. The lowest BCUT2D eigenvalue weighted by molar-refractivity contribution is 0.168. The average Bonchev–Trinajstić information content (AvgIpc) is 3.41. The Morgan fingerprint density at radius 2 is 1.94 bits per heavy atom. The third kappa shape index (κ3) is 4.08. The van der Waals surface area contributed by atoms with E-state index in [1.807, 2.05) is 36.6 Å². The highest BCUT2D eigenvalue weighted by Gasteiger charge is 2.24. The summed E-state index contributed by atoms with van der Waals surface area (Å²) >= 11 is 0. The molecular formula is C25H25N5O3S. The minimum Gasteiger partial charge on any atom is -0.394 e. The highest BCUT2D eigenvalue weighted by Crippen LogP contribution is 2.34. The Balaban J connectivity index is 1.54. The van der Waals surface area contributed by atoms with Gasteiger partial charge >= 0.3 is 0 Å². The number of nitrogens with zero attached hydrogens (tertiary/aromatic N) is 4. The van der Waals surface area contributed by atoms with Crippen molar-refractivity contribution in [3.05, 3.63) is 78.0 Å². The molecule has 0 spiro atoms. The van der Waals surface area contributed by atoms with E-state index in [1.165, 1.54) is 0 Å². The van der Waals surface area contributed by atoms with E-state index < -0.39 is 15.6 Å². The van der Waals surface area contributed by atoms with Gasteiger partial charge in [-0.1, -0.05) is 24.3 Å². The molecule has 1 aliphatic rings. The highest BCUT2D eigenvalue weighted by atomic mass is 32.2. The molecule has 4 aromatic rings. The van der Waals surface area contributed by atoms with E-state index in [2.05, 4.69) is 26.8 Å². The summed E-state index contributed by atoms with van der Waals surface area (Å²) in [5, 5.41) is 9.84. The van der Waals surface area contributed by atoms with Gasteiger partial charge in [-0.05, 0) is 43.7 Å². The molecule has 9 heteroatoms. The van der Waals surface area contributed by atoms with Gasteiger partial charge in [0.15, 0.2) is 0 Å². The molecule has 0 atom stereocenters. The summed E-state index contributed by atoms with van der Waals surface area (Å²) in [5.74, 6) is 0. The van der Waals surface area contributed by atoms with Gasteiger partial charge in [0.25, 0.3) is 0 Å². The van der Waals surface area contributed by atoms with Crippen molar-refractivity contribution >= 4 is 32.3 Å². The molecule has 0 aliphatic heterocycles. The van der Waals surface area contributed by atoms with Crippen LogP contribution in [0.2, 0.25) is 0 Å². The van der Waals surface area contributed by atoms with Crippen molar-refractivity contribution in [1.82, 2.24) is 19.5 Å². The first kappa shape index (κ1) is 22.2. The Bertz CT molecular complexity index is 1550. The standard InChI is InChI=1S/C25H25N5O3S/c1-25(2,14-31)30-15-27-20-9-7-16(12-23(20)30)19-8-10-21-24(19)28-22(13-26-21)17-5-4-6-18(11-17)29-34(3,32)33/h4-9,11-13,15,29,31H,10,14H2,1-3H3. The molecule has 0 fully saturated rings. The van der Waals surface area contributed by atoms with Crippen LogP contribution in [0.5, 0.6) is 0 Å². The van der Waals surface area contributed by atoms with Gasteiger partial charge in [0.2, 0.25) is 10.0 Å². The van der Waals surface area contributed by atoms with E-state index in [4.69, 9.17) is 4.98 Å². The largest absolute Gasteiger partial charge is 0.394 e. The first-order valence-corrected chi connectivity index (χ1v) is 12.8. The lowest BCUT2D eigenvalue weighted by atomic mass is 10.0. The zero-order valence-corrected chi connectivity index (χ0v) is 20.0. The van der Waals surface area contributed by atoms with Gasteiger partial charge in [0, 0.05) is 23.2 Å². The first-order valence-electron chi connectivity index (χ1n) is 10.9. The predicted molar refractivity (Wildman–Crippen MR) is 133 cm³/mol. The Morgan fingerprint density at radius 1 is 1.12 bits per heavy atom. The Kier molecular flexibility index (Phi) is 5.26. The molecule has 0 radical (unpaired) electrons. The lowest BCUT2D eigenvalue weighted by Gasteiger charge is -2.24. The number of allylic oxidation sites excluding steroid dienone is 1. The topological polar surface area (TPSA) is 110 Å². The van der Waals surface area contributed by atoms with Crippen molar-refractivity contribution in [2.24, 2.45) is 0 Å². The molecule has 174 valence electrons. The summed E-state index contributed by atoms with van der Waals surface area (Å²) in [6, 6.07) is 13.2. The number of hydrogen-bond acceptors (Lipinski definition) is 6. The fourth-order valence-electron chi connectivity index (χ4n) is 4.16. The number of aliphatic hydroxyl groups excluding tert-OH is 1. The van der Waals surface area contributed by atoms with E-state index >= 15 is 0 Å². The zero-order valence-electron chi connectivity index (χ0n) is 19.1. The highest BCUT2D eigenvalue weighted by molar-refractivity contribution is 7.92. The van der Waals surface area contributed by atoms with Crippen LogP contribution >= 0.6 is 0 Å². The summed E-state index contributed by atoms with van der Waals surface area (Å²) in [4.78, 5) is 14.0. The number of sulfonamides is 1. The Morgan fingerprint density at radius 3 is 2.71 bits per heavy atom. The van der Waals surface area contributed by atoms with Gasteiger partial charge in [0.05, 0.1) is 59.0 Å². The molecule has 2 aromatic carbocycles. The lowest BCUT2D eigenvalue weighted by Crippen LogP contribution is -2.29. The van der Waals surface area contributed by atoms with E-state index in [-0.39, 0.29) is 6.61 Å². The second-order valence-corrected chi connectivity index (χ2v) is 10.9. The number of hydrogen-bond donors (Lipinski definition) is 2. The van der Waals surface area contributed by atoms with Crippen LogP contribution in [0.15, 0.2) is 61.1 Å². The second-order valence-electron chi connectivity index (χ2n) is 9.12. The molecule has 0 unspecified atom stereocenters. The fraction of sp³-hybridized carbons (Fsp3) is 0.240. The Labute approximate surface area is 198 Å². The van der Waals surface area contributed by atoms with Crippen molar-refractivity contribution in [2.75, 3.05) is 17.6 Å². The summed E-state index contributed by atoms with van der Waals surface area (Å²) in [6.07, 6.45) is 7.41. The molecule has 2 N–H and O–H groups in total. The Hall–Kier alpha value is -3.56. The van der Waals surface area contributed by atoms with Crippen molar-refractivity contribution in [1.29, 1.82) is 0 Å². The number of aliphatic hydroxyl groups is 1. The normalized spacial score (nSPS) is 13.7. The molecule has 1 aliphatic carbocycles. The van der Waals surface area contributed by atoms with Crippen LogP contribution in [0, 0.1) is 0 Å². The minimum absolute atomic E-state index is 0.00366. The number of anilines is 1. The summed E-state index contributed by atoms with van der Waals surface area (Å²) < 4.78 is 27.7. The van der Waals surface area contributed by atoms with Crippen LogP contribution < -0.4 is 4.72 Å². The smallest absolute Gasteiger partial charge is 0.229 e. The molecule has 0 saturated carbocycles.